The van der Waals surface area contributed by atoms with E-state index < -0.39 is 18.6 Å². The van der Waals surface area contributed by atoms with Crippen molar-refractivity contribution in [3.05, 3.63) is 41.6 Å². The highest BCUT2D eigenvalue weighted by Crippen LogP contribution is 2.22. The summed E-state index contributed by atoms with van der Waals surface area (Å²) in [6, 6.07) is 8.46. The van der Waals surface area contributed by atoms with Gasteiger partial charge < -0.3 is 5.32 Å². The molecule has 0 aliphatic rings. The summed E-state index contributed by atoms with van der Waals surface area (Å²) >= 11 is 0. The van der Waals surface area contributed by atoms with Gasteiger partial charge in [-0.1, -0.05) is 32.0 Å². The third-order valence-electron chi connectivity index (χ3n) is 3.02. The molecule has 3 nitrogen and oxygen atoms in total. The van der Waals surface area contributed by atoms with Gasteiger partial charge in [0.25, 0.3) is 5.91 Å². The molecule has 0 unspecified atom stereocenters. The zero-order valence-electron chi connectivity index (χ0n) is 11.7. The van der Waals surface area contributed by atoms with Gasteiger partial charge in [0.15, 0.2) is 0 Å². The zero-order chi connectivity index (χ0) is 15.6. The number of para-hydroxylation sites is 1. The molecule has 0 spiro atoms. The average molecular weight is 296 g/mol. The van der Waals surface area contributed by atoms with Gasteiger partial charge in [0.1, 0.15) is 6.54 Å². The van der Waals surface area contributed by atoms with E-state index in [9.17, 15) is 18.0 Å². The van der Waals surface area contributed by atoms with Gasteiger partial charge in [-0.15, -0.1) is 0 Å². The van der Waals surface area contributed by atoms with Crippen LogP contribution >= 0.6 is 0 Å². The summed E-state index contributed by atoms with van der Waals surface area (Å²) in [6.45, 7) is 2.47. The quantitative estimate of drug-likeness (QED) is 0.939. The SMILES string of the molecule is CC(C)c1cc(C(=O)NCC(F)(F)F)c2ccccc2n1. The van der Waals surface area contributed by atoms with Gasteiger partial charge in [-0.2, -0.15) is 13.2 Å². The first-order chi connectivity index (χ1) is 9.78. The van der Waals surface area contributed by atoms with Crippen LogP contribution in [0.1, 0.15) is 35.8 Å². The maximum absolute atomic E-state index is 12.2. The lowest BCUT2D eigenvalue weighted by molar-refractivity contribution is -0.123. The van der Waals surface area contributed by atoms with E-state index in [1.807, 2.05) is 19.2 Å². The summed E-state index contributed by atoms with van der Waals surface area (Å²) < 4.78 is 36.7. The Morgan fingerprint density at radius 3 is 2.57 bits per heavy atom. The van der Waals surface area contributed by atoms with Crippen molar-refractivity contribution < 1.29 is 18.0 Å². The molecule has 6 heteroatoms. The maximum Gasteiger partial charge on any atom is 0.405 e. The van der Waals surface area contributed by atoms with Crippen LogP contribution < -0.4 is 5.32 Å². The van der Waals surface area contributed by atoms with E-state index in [0.717, 1.165) is 0 Å². The van der Waals surface area contributed by atoms with Crippen molar-refractivity contribution in [3.8, 4) is 0 Å². The number of nitrogens with one attached hydrogen (secondary N) is 1. The van der Waals surface area contributed by atoms with E-state index in [2.05, 4.69) is 4.98 Å². The fraction of sp³-hybridized carbons (Fsp3) is 0.333. The number of rotatable bonds is 3. The molecular formula is C15H15F3N2O. The summed E-state index contributed by atoms with van der Waals surface area (Å²) in [5.41, 5.74) is 1.49. The molecule has 0 fully saturated rings. The standard InChI is InChI=1S/C15H15F3N2O/c1-9(2)13-7-11(14(21)19-8-15(16,17)18)10-5-3-4-6-12(10)20-13/h3-7,9H,8H2,1-2H3,(H,19,21). The average Bonchev–Trinajstić information content (AvgIpc) is 2.42. The monoisotopic (exact) mass is 296 g/mol. The molecule has 1 aromatic carbocycles. The van der Waals surface area contributed by atoms with Crippen molar-refractivity contribution in [1.82, 2.24) is 10.3 Å². The predicted octanol–water partition coefficient (Wildman–Crippen LogP) is 3.65. The molecule has 1 aromatic heterocycles. The van der Waals surface area contributed by atoms with Crippen LogP contribution in [-0.2, 0) is 0 Å². The predicted molar refractivity (Wildman–Crippen MR) is 74.2 cm³/mol. The van der Waals surface area contributed by atoms with E-state index in [1.54, 1.807) is 30.3 Å². The molecule has 0 radical (unpaired) electrons. The molecule has 0 bridgehead atoms. The molecule has 0 saturated heterocycles. The number of fused-ring (bicyclic) bond motifs is 1. The molecule has 21 heavy (non-hydrogen) atoms. The fourth-order valence-electron chi connectivity index (χ4n) is 1.96. The minimum atomic E-state index is -4.43. The van der Waals surface area contributed by atoms with Gasteiger partial charge >= 0.3 is 6.18 Å². The topological polar surface area (TPSA) is 42.0 Å². The lowest BCUT2D eigenvalue weighted by atomic mass is 10.0. The number of amides is 1. The summed E-state index contributed by atoms with van der Waals surface area (Å²) in [4.78, 5) is 16.5. The first kappa shape index (κ1) is 15.3. The normalized spacial score (nSPS) is 11.9. The van der Waals surface area contributed by atoms with Crippen LogP contribution in [0, 0.1) is 0 Å². The third-order valence-corrected chi connectivity index (χ3v) is 3.02. The fourth-order valence-corrected chi connectivity index (χ4v) is 1.96. The van der Waals surface area contributed by atoms with Gasteiger partial charge in [-0.3, -0.25) is 9.78 Å². The molecule has 2 rings (SSSR count). The number of carbonyl (C=O) groups is 1. The second-order valence-corrected chi connectivity index (χ2v) is 5.06. The Hall–Kier alpha value is -2.11. The Morgan fingerprint density at radius 1 is 1.29 bits per heavy atom. The zero-order valence-corrected chi connectivity index (χ0v) is 11.7. The van der Waals surface area contributed by atoms with Crippen molar-refractivity contribution in [2.75, 3.05) is 6.54 Å². The van der Waals surface area contributed by atoms with Gasteiger partial charge in [0.2, 0.25) is 0 Å². The number of carbonyl (C=O) groups excluding carboxylic acids is 1. The lowest BCUT2D eigenvalue weighted by Crippen LogP contribution is -2.33. The van der Waals surface area contributed by atoms with Crippen LogP contribution in [0.5, 0.6) is 0 Å². The van der Waals surface area contributed by atoms with E-state index in [4.69, 9.17) is 0 Å². The molecule has 0 aliphatic carbocycles. The Morgan fingerprint density at radius 2 is 1.95 bits per heavy atom. The second kappa shape index (κ2) is 5.71. The molecule has 1 heterocycles. The maximum atomic E-state index is 12.2. The number of pyridine rings is 1. The molecule has 1 amide bonds. The van der Waals surface area contributed by atoms with E-state index >= 15 is 0 Å². The number of nitrogens with zero attached hydrogens (tertiary/aromatic N) is 1. The van der Waals surface area contributed by atoms with Crippen LogP contribution in [-0.4, -0.2) is 23.6 Å². The van der Waals surface area contributed by atoms with E-state index in [0.29, 0.717) is 16.6 Å². The first-order valence-corrected chi connectivity index (χ1v) is 6.52. The van der Waals surface area contributed by atoms with Gasteiger partial charge in [-0.25, -0.2) is 0 Å². The number of hydrogen-bond acceptors (Lipinski definition) is 2. The highest BCUT2D eigenvalue weighted by Gasteiger charge is 2.28. The number of aromatic nitrogens is 1. The molecule has 0 saturated carbocycles. The van der Waals surface area contributed by atoms with Crippen LogP contribution in [0.3, 0.4) is 0 Å². The Labute approximate surface area is 120 Å². The summed E-state index contributed by atoms with van der Waals surface area (Å²) in [7, 11) is 0. The second-order valence-electron chi connectivity index (χ2n) is 5.06. The minimum Gasteiger partial charge on any atom is -0.343 e. The summed E-state index contributed by atoms with van der Waals surface area (Å²) in [5, 5.41) is 2.45. The molecular weight excluding hydrogens is 281 g/mol. The van der Waals surface area contributed by atoms with E-state index in [1.165, 1.54) is 0 Å². The highest BCUT2D eigenvalue weighted by molar-refractivity contribution is 6.06. The van der Waals surface area contributed by atoms with Gasteiger partial charge in [0.05, 0.1) is 11.1 Å². The molecule has 0 aliphatic heterocycles. The number of hydrogen-bond donors (Lipinski definition) is 1. The highest BCUT2D eigenvalue weighted by atomic mass is 19.4. The van der Waals surface area contributed by atoms with Crippen molar-refractivity contribution in [2.45, 2.75) is 25.9 Å². The summed E-state index contributed by atoms with van der Waals surface area (Å²) in [6.07, 6.45) is -4.43. The summed E-state index contributed by atoms with van der Waals surface area (Å²) in [5.74, 6) is -0.670. The van der Waals surface area contributed by atoms with Gasteiger partial charge in [-0.05, 0) is 18.1 Å². The Kier molecular flexibility index (Phi) is 4.16. The van der Waals surface area contributed by atoms with E-state index in [-0.39, 0.29) is 11.5 Å². The van der Waals surface area contributed by atoms with Crippen LogP contribution in [0.2, 0.25) is 0 Å². The molecule has 112 valence electrons. The number of benzene rings is 1. The van der Waals surface area contributed by atoms with Crippen LogP contribution in [0.25, 0.3) is 10.9 Å². The van der Waals surface area contributed by atoms with Crippen molar-refractivity contribution >= 4 is 16.8 Å². The Balaban J connectivity index is 2.43. The first-order valence-electron chi connectivity index (χ1n) is 6.52. The Bertz CT molecular complexity index is 666. The smallest absolute Gasteiger partial charge is 0.343 e. The number of halogens is 3. The number of alkyl halides is 3. The van der Waals surface area contributed by atoms with Crippen molar-refractivity contribution in [2.24, 2.45) is 0 Å². The molecule has 1 N–H and O–H groups in total. The van der Waals surface area contributed by atoms with Gasteiger partial charge in [0, 0.05) is 11.1 Å². The minimum absolute atomic E-state index is 0.0729. The van der Waals surface area contributed by atoms with Crippen LogP contribution in [0.15, 0.2) is 30.3 Å². The lowest BCUT2D eigenvalue weighted by Gasteiger charge is -2.13. The van der Waals surface area contributed by atoms with Crippen molar-refractivity contribution in [1.29, 1.82) is 0 Å². The third kappa shape index (κ3) is 3.71. The van der Waals surface area contributed by atoms with Crippen LogP contribution in [0.4, 0.5) is 13.2 Å². The molecule has 2 aromatic rings. The van der Waals surface area contributed by atoms with Crippen molar-refractivity contribution in [3.63, 3.8) is 0 Å². The largest absolute Gasteiger partial charge is 0.405 e. The molecule has 0 atom stereocenters.